The Morgan fingerprint density at radius 1 is 1.03 bits per heavy atom. The van der Waals surface area contributed by atoms with Crippen molar-refractivity contribution < 1.29 is 9.84 Å². The number of benzene rings is 2. The summed E-state index contributed by atoms with van der Waals surface area (Å²) in [6.45, 7) is 2.60. The topological polar surface area (TPSA) is 108 Å². The van der Waals surface area contributed by atoms with Gasteiger partial charge in [0.1, 0.15) is 5.75 Å². The number of morpholine rings is 1. The van der Waals surface area contributed by atoms with Gasteiger partial charge in [0.2, 0.25) is 17.8 Å². The van der Waals surface area contributed by atoms with Gasteiger partial charge >= 0.3 is 0 Å². The van der Waals surface area contributed by atoms with Crippen LogP contribution < -0.4 is 15.6 Å². The van der Waals surface area contributed by atoms with E-state index in [1.165, 1.54) is 12.3 Å². The van der Waals surface area contributed by atoms with Crippen molar-refractivity contribution in [2.75, 3.05) is 41.9 Å². The zero-order valence-electron chi connectivity index (χ0n) is 16.0. The monoisotopic (exact) mass is 425 g/mol. The van der Waals surface area contributed by atoms with Crippen molar-refractivity contribution >= 4 is 41.3 Å². The fraction of sp³-hybridized carbons (Fsp3) is 0.200. The van der Waals surface area contributed by atoms with Crippen LogP contribution in [0.4, 0.5) is 23.5 Å². The fourth-order valence-electron chi connectivity index (χ4n) is 2.81. The maximum atomic E-state index is 9.91. The lowest BCUT2D eigenvalue weighted by atomic mass is 10.2. The van der Waals surface area contributed by atoms with Crippen LogP contribution in [-0.4, -0.2) is 52.6 Å². The first-order valence-electron chi connectivity index (χ1n) is 9.36. The Balaban J connectivity index is 1.58. The Labute approximate surface area is 178 Å². The summed E-state index contributed by atoms with van der Waals surface area (Å²) in [7, 11) is 0. The smallest absolute Gasteiger partial charge is 0.250 e. The molecule has 1 aliphatic rings. The van der Waals surface area contributed by atoms with Crippen LogP contribution in [0.1, 0.15) is 5.56 Å². The molecule has 4 rings (SSSR count). The Morgan fingerprint density at radius 3 is 2.60 bits per heavy atom. The van der Waals surface area contributed by atoms with E-state index in [0.717, 1.165) is 5.69 Å². The van der Waals surface area contributed by atoms with Gasteiger partial charge in [-0.2, -0.15) is 20.1 Å². The minimum absolute atomic E-state index is 0.0704. The average molecular weight is 426 g/mol. The number of aromatic hydroxyl groups is 1. The molecule has 2 aromatic carbocycles. The maximum absolute atomic E-state index is 9.91. The number of halogens is 1. The molecule has 0 radical (unpaired) electrons. The molecule has 0 aliphatic carbocycles. The molecule has 0 unspecified atom stereocenters. The van der Waals surface area contributed by atoms with Crippen molar-refractivity contribution in [1.29, 1.82) is 0 Å². The summed E-state index contributed by atoms with van der Waals surface area (Å²) in [5.74, 6) is 1.25. The molecule has 1 aliphatic heterocycles. The fourth-order valence-corrected chi connectivity index (χ4v) is 2.99. The summed E-state index contributed by atoms with van der Waals surface area (Å²) >= 11 is 5.97. The number of hydrogen-bond donors (Lipinski definition) is 3. The van der Waals surface area contributed by atoms with E-state index in [0.29, 0.717) is 48.8 Å². The molecule has 10 heteroatoms. The van der Waals surface area contributed by atoms with Gasteiger partial charge in [-0.05, 0) is 30.3 Å². The average Bonchev–Trinajstić information content (AvgIpc) is 2.77. The number of rotatable bonds is 6. The molecule has 30 heavy (non-hydrogen) atoms. The van der Waals surface area contributed by atoms with Crippen molar-refractivity contribution in [3.8, 4) is 5.75 Å². The number of anilines is 4. The number of ether oxygens (including phenoxy) is 1. The first kappa shape index (κ1) is 19.9. The Morgan fingerprint density at radius 2 is 1.80 bits per heavy atom. The maximum Gasteiger partial charge on any atom is 0.250 e. The number of aromatic nitrogens is 3. The first-order chi connectivity index (χ1) is 14.7. The summed E-state index contributed by atoms with van der Waals surface area (Å²) in [6.07, 6.45) is 1.45. The third-order valence-corrected chi connectivity index (χ3v) is 4.54. The lowest BCUT2D eigenvalue weighted by Crippen LogP contribution is -2.37. The number of nitrogens with zero attached hydrogens (tertiary/aromatic N) is 5. The number of hydrogen-bond acceptors (Lipinski definition) is 9. The van der Waals surface area contributed by atoms with E-state index in [9.17, 15) is 5.11 Å². The molecule has 0 atom stereocenters. The van der Waals surface area contributed by atoms with E-state index in [1.54, 1.807) is 12.1 Å². The molecule has 9 nitrogen and oxygen atoms in total. The lowest BCUT2D eigenvalue weighted by molar-refractivity contribution is 0.122. The second-order valence-electron chi connectivity index (χ2n) is 6.45. The van der Waals surface area contributed by atoms with Crippen molar-refractivity contribution in [2.45, 2.75) is 0 Å². The summed E-state index contributed by atoms with van der Waals surface area (Å²) in [6, 6.07) is 14.3. The van der Waals surface area contributed by atoms with Gasteiger partial charge in [-0.15, -0.1) is 0 Å². The van der Waals surface area contributed by atoms with E-state index in [-0.39, 0.29) is 11.7 Å². The predicted octanol–water partition coefficient (Wildman–Crippen LogP) is 3.26. The Bertz CT molecular complexity index is 1030. The molecule has 1 saturated heterocycles. The molecule has 3 aromatic rings. The molecule has 2 heterocycles. The van der Waals surface area contributed by atoms with Crippen molar-refractivity contribution in [3.63, 3.8) is 0 Å². The highest BCUT2D eigenvalue weighted by Crippen LogP contribution is 2.21. The van der Waals surface area contributed by atoms with Gasteiger partial charge in [-0.25, -0.2) is 5.43 Å². The first-order valence-corrected chi connectivity index (χ1v) is 9.73. The van der Waals surface area contributed by atoms with Crippen LogP contribution in [0.25, 0.3) is 0 Å². The molecule has 154 valence electrons. The third-order valence-electron chi connectivity index (χ3n) is 4.31. The minimum atomic E-state index is 0.0704. The van der Waals surface area contributed by atoms with E-state index in [4.69, 9.17) is 16.3 Å². The molecule has 0 saturated carbocycles. The predicted molar refractivity (Wildman–Crippen MR) is 117 cm³/mol. The number of phenolic OH excluding ortho intramolecular Hbond substituents is 1. The normalized spacial score (nSPS) is 14.1. The van der Waals surface area contributed by atoms with Gasteiger partial charge in [0.05, 0.1) is 19.4 Å². The number of para-hydroxylation sites is 1. The second kappa shape index (κ2) is 9.38. The molecule has 1 aromatic heterocycles. The van der Waals surface area contributed by atoms with Crippen LogP contribution >= 0.6 is 11.6 Å². The van der Waals surface area contributed by atoms with Gasteiger partial charge in [-0.3, -0.25) is 0 Å². The SMILES string of the molecule is Oc1ccc(Cl)cc1/C=N\Nc1nc(Nc2ccccc2)nc(N2CCOCC2)n1. The number of phenols is 1. The third kappa shape index (κ3) is 5.13. The standard InChI is InChI=1S/C20H20ClN7O2/c21-15-6-7-17(29)14(12-15)13-22-27-19-24-18(23-16-4-2-1-3-5-16)25-20(26-19)28-8-10-30-11-9-28/h1-7,12-13,29H,8-11H2,(H2,23,24,25,26,27)/b22-13-. The van der Waals surface area contributed by atoms with E-state index < -0.39 is 0 Å². The van der Waals surface area contributed by atoms with Gasteiger partial charge in [0.15, 0.2) is 0 Å². The highest BCUT2D eigenvalue weighted by Gasteiger charge is 2.16. The quantitative estimate of drug-likeness (QED) is 0.408. The number of hydrazone groups is 1. The van der Waals surface area contributed by atoms with Crippen molar-refractivity contribution in [2.24, 2.45) is 5.10 Å². The van der Waals surface area contributed by atoms with Crippen LogP contribution in [0.5, 0.6) is 5.75 Å². The molecule has 0 bridgehead atoms. The Hall–Kier alpha value is -3.43. The lowest BCUT2D eigenvalue weighted by Gasteiger charge is -2.27. The van der Waals surface area contributed by atoms with Gasteiger partial charge in [0, 0.05) is 29.4 Å². The van der Waals surface area contributed by atoms with Gasteiger partial charge in [-0.1, -0.05) is 29.8 Å². The minimum Gasteiger partial charge on any atom is -0.507 e. The zero-order valence-corrected chi connectivity index (χ0v) is 16.8. The number of nitrogens with one attached hydrogen (secondary N) is 2. The molecule has 0 amide bonds. The molecular formula is C20H20ClN7O2. The van der Waals surface area contributed by atoms with Gasteiger partial charge in [0.25, 0.3) is 0 Å². The molecule has 1 fully saturated rings. The van der Waals surface area contributed by atoms with Crippen LogP contribution in [0.2, 0.25) is 5.02 Å². The molecular weight excluding hydrogens is 406 g/mol. The van der Waals surface area contributed by atoms with Gasteiger partial charge < -0.3 is 20.1 Å². The second-order valence-corrected chi connectivity index (χ2v) is 6.88. The summed E-state index contributed by atoms with van der Waals surface area (Å²) in [4.78, 5) is 15.4. The highest BCUT2D eigenvalue weighted by molar-refractivity contribution is 6.30. The van der Waals surface area contributed by atoms with Crippen molar-refractivity contribution in [3.05, 3.63) is 59.1 Å². The zero-order chi connectivity index (χ0) is 20.8. The highest BCUT2D eigenvalue weighted by atomic mass is 35.5. The summed E-state index contributed by atoms with van der Waals surface area (Å²) in [5.41, 5.74) is 4.13. The largest absolute Gasteiger partial charge is 0.507 e. The van der Waals surface area contributed by atoms with Crippen LogP contribution in [0.3, 0.4) is 0 Å². The molecule has 3 N–H and O–H groups in total. The van der Waals surface area contributed by atoms with Crippen molar-refractivity contribution in [1.82, 2.24) is 15.0 Å². The van der Waals surface area contributed by atoms with E-state index >= 15 is 0 Å². The van der Waals surface area contributed by atoms with Crippen LogP contribution in [0.15, 0.2) is 53.6 Å². The molecule has 0 spiro atoms. The summed E-state index contributed by atoms with van der Waals surface area (Å²) < 4.78 is 5.41. The summed E-state index contributed by atoms with van der Waals surface area (Å²) in [5, 5.41) is 17.7. The Kier molecular flexibility index (Phi) is 6.21. The van der Waals surface area contributed by atoms with E-state index in [2.05, 4.69) is 30.8 Å². The van der Waals surface area contributed by atoms with E-state index in [1.807, 2.05) is 35.2 Å². The van der Waals surface area contributed by atoms with Crippen LogP contribution in [0, 0.1) is 0 Å². The van der Waals surface area contributed by atoms with Crippen LogP contribution in [-0.2, 0) is 4.74 Å².